The van der Waals surface area contributed by atoms with E-state index in [1.807, 2.05) is 6.79 Å². The molecule has 0 spiro atoms. The van der Waals surface area contributed by atoms with Gasteiger partial charge in [0.2, 0.25) is 11.8 Å². The Kier molecular flexibility index (Phi) is 23.5. The van der Waals surface area contributed by atoms with Crippen LogP contribution >= 0.6 is 0 Å². The zero-order valence-electron chi connectivity index (χ0n) is 17.6. The third-order valence-electron chi connectivity index (χ3n) is 2.89. The second-order valence-electron chi connectivity index (χ2n) is 6.31. The SMILES string of the molecule is C#C.C=O.CC(=O)N1CCC[C@H]1C(N)=O.CC(C)(C)OC(N)=O.CCCC. The topological polar surface area (TPSA) is 133 Å². The molecular weight excluding hydrogens is 350 g/mol. The van der Waals surface area contributed by atoms with E-state index in [1.54, 1.807) is 20.8 Å². The Labute approximate surface area is 164 Å². The number of rotatable bonds is 2. The molecule has 158 valence electrons. The molecule has 1 aliphatic rings. The third-order valence-corrected chi connectivity index (χ3v) is 2.89. The molecule has 1 saturated heterocycles. The van der Waals surface area contributed by atoms with Crippen molar-refractivity contribution in [2.45, 2.75) is 78.9 Å². The van der Waals surface area contributed by atoms with E-state index in [1.165, 1.54) is 24.7 Å². The van der Waals surface area contributed by atoms with Gasteiger partial charge in [-0.1, -0.05) is 26.7 Å². The summed E-state index contributed by atoms with van der Waals surface area (Å²) in [5.74, 6) is -0.455. The van der Waals surface area contributed by atoms with Crippen molar-refractivity contribution in [3.63, 3.8) is 0 Å². The Morgan fingerprint density at radius 2 is 1.52 bits per heavy atom. The summed E-state index contributed by atoms with van der Waals surface area (Å²) in [5.41, 5.74) is 9.36. The minimum Gasteiger partial charge on any atom is -0.444 e. The number of primary amides is 2. The Bertz CT molecular complexity index is 409. The highest BCUT2D eigenvalue weighted by Crippen LogP contribution is 2.16. The molecule has 0 radical (unpaired) electrons. The first-order valence-electron chi connectivity index (χ1n) is 8.63. The summed E-state index contributed by atoms with van der Waals surface area (Å²) < 4.78 is 4.58. The molecular formula is C19H37N3O5. The Morgan fingerprint density at radius 1 is 1.11 bits per heavy atom. The maximum atomic E-state index is 10.9. The van der Waals surface area contributed by atoms with Gasteiger partial charge >= 0.3 is 6.09 Å². The van der Waals surface area contributed by atoms with Gasteiger partial charge in [-0.2, -0.15) is 0 Å². The number of carbonyl (C=O) groups is 4. The minimum atomic E-state index is -0.725. The smallest absolute Gasteiger partial charge is 0.405 e. The van der Waals surface area contributed by atoms with Crippen molar-refractivity contribution < 1.29 is 23.9 Å². The second kappa shape index (κ2) is 19.8. The van der Waals surface area contributed by atoms with Gasteiger partial charge in [0.1, 0.15) is 18.4 Å². The molecule has 27 heavy (non-hydrogen) atoms. The fraction of sp³-hybridized carbons (Fsp3) is 0.684. The molecule has 8 nitrogen and oxygen atoms in total. The number of hydrogen-bond donors (Lipinski definition) is 2. The van der Waals surface area contributed by atoms with Gasteiger partial charge in [0.05, 0.1) is 0 Å². The zero-order valence-corrected chi connectivity index (χ0v) is 17.6. The van der Waals surface area contributed by atoms with Crippen molar-refractivity contribution in [3.8, 4) is 12.8 Å². The monoisotopic (exact) mass is 387 g/mol. The van der Waals surface area contributed by atoms with Gasteiger partial charge in [-0.15, -0.1) is 12.8 Å². The summed E-state index contributed by atoms with van der Waals surface area (Å²) in [6.07, 6.45) is 11.5. The maximum absolute atomic E-state index is 10.9. The van der Waals surface area contributed by atoms with Crippen molar-refractivity contribution in [1.29, 1.82) is 0 Å². The molecule has 0 saturated carbocycles. The Balaban J connectivity index is -0.000000146. The van der Waals surface area contributed by atoms with E-state index in [0.717, 1.165) is 12.8 Å². The van der Waals surface area contributed by atoms with Crippen molar-refractivity contribution in [3.05, 3.63) is 0 Å². The van der Waals surface area contributed by atoms with Crippen LogP contribution in [0.1, 0.15) is 67.2 Å². The van der Waals surface area contributed by atoms with Gasteiger partial charge in [-0.05, 0) is 33.6 Å². The minimum absolute atomic E-state index is 0.0636. The number of likely N-dealkylation sites (tertiary alicyclic amines) is 1. The molecule has 3 amide bonds. The van der Waals surface area contributed by atoms with E-state index in [0.29, 0.717) is 6.54 Å². The van der Waals surface area contributed by atoms with E-state index in [9.17, 15) is 14.4 Å². The quantitative estimate of drug-likeness (QED) is 0.701. The highest BCUT2D eigenvalue weighted by molar-refractivity contribution is 5.86. The van der Waals surface area contributed by atoms with Crippen molar-refractivity contribution in [2.75, 3.05) is 6.54 Å². The number of hydrogen-bond acceptors (Lipinski definition) is 5. The number of ether oxygens (including phenoxy) is 1. The lowest BCUT2D eigenvalue weighted by Crippen LogP contribution is -2.42. The lowest BCUT2D eigenvalue weighted by molar-refractivity contribution is -0.135. The van der Waals surface area contributed by atoms with Crippen LogP contribution in [-0.2, 0) is 19.1 Å². The fourth-order valence-electron chi connectivity index (χ4n) is 1.74. The molecule has 1 heterocycles. The average Bonchev–Trinajstić information content (AvgIpc) is 3.07. The standard InChI is InChI=1S/C7H12N2O2.C5H11NO2.C4H10.C2H2.CH2O/c1-5(10)9-4-2-3-6(9)7(8)11;1-5(2,3)8-4(6)7;1-3-4-2;2*1-2/h6H,2-4H2,1H3,(H2,8,11);1-3H3,(H2,6,7);3-4H2,1-2H3;1-2H;1H2/t6-;;;;/m0..../s1. The molecule has 1 rings (SSSR count). The second-order valence-corrected chi connectivity index (χ2v) is 6.31. The first-order chi connectivity index (χ1) is 12.5. The van der Waals surface area contributed by atoms with Crippen molar-refractivity contribution in [2.24, 2.45) is 11.5 Å². The molecule has 1 atom stereocenters. The number of carbonyl (C=O) groups excluding carboxylic acids is 4. The van der Waals surface area contributed by atoms with Gasteiger partial charge in [-0.25, -0.2) is 4.79 Å². The Hall–Kier alpha value is -2.56. The normalized spacial score (nSPS) is 14.2. The maximum Gasteiger partial charge on any atom is 0.405 e. The van der Waals surface area contributed by atoms with Crippen LogP contribution in [0.5, 0.6) is 0 Å². The first kappa shape index (κ1) is 32.1. The summed E-state index contributed by atoms with van der Waals surface area (Å²) in [6.45, 7) is 13.8. The van der Waals surface area contributed by atoms with Gasteiger partial charge in [-0.3, -0.25) is 9.59 Å². The largest absolute Gasteiger partial charge is 0.444 e. The van der Waals surface area contributed by atoms with Crippen LogP contribution in [0.4, 0.5) is 4.79 Å². The van der Waals surface area contributed by atoms with Gasteiger partial charge in [0, 0.05) is 13.5 Å². The van der Waals surface area contributed by atoms with Gasteiger partial charge < -0.3 is 25.9 Å². The number of unbranched alkanes of at least 4 members (excludes halogenated alkanes) is 1. The summed E-state index contributed by atoms with van der Waals surface area (Å²) in [7, 11) is 0. The van der Waals surface area contributed by atoms with Crippen LogP contribution in [0, 0.1) is 12.8 Å². The van der Waals surface area contributed by atoms with Crippen LogP contribution in [0.2, 0.25) is 0 Å². The molecule has 4 N–H and O–H groups in total. The zero-order chi connectivity index (χ0) is 22.6. The number of nitrogens with two attached hydrogens (primary N) is 2. The van der Waals surface area contributed by atoms with E-state index in [2.05, 4.69) is 31.4 Å². The molecule has 1 aliphatic heterocycles. The number of terminal acetylenes is 1. The van der Waals surface area contributed by atoms with Crippen LogP contribution in [-0.4, -0.2) is 47.8 Å². The van der Waals surface area contributed by atoms with Crippen LogP contribution < -0.4 is 11.5 Å². The average molecular weight is 388 g/mol. The molecule has 0 aromatic rings. The van der Waals surface area contributed by atoms with Crippen molar-refractivity contribution in [1.82, 2.24) is 4.90 Å². The molecule has 0 aromatic heterocycles. The third kappa shape index (κ3) is 23.4. The molecule has 8 heteroatoms. The van der Waals surface area contributed by atoms with Crippen LogP contribution in [0.25, 0.3) is 0 Å². The lowest BCUT2D eigenvalue weighted by atomic mass is 10.2. The van der Waals surface area contributed by atoms with E-state index in [-0.39, 0.29) is 11.9 Å². The predicted molar refractivity (Wildman–Crippen MR) is 108 cm³/mol. The summed E-state index contributed by atoms with van der Waals surface area (Å²) >= 11 is 0. The molecule has 1 fully saturated rings. The molecule has 0 bridgehead atoms. The summed E-state index contributed by atoms with van der Waals surface area (Å²) in [4.78, 5) is 41.2. The fourth-order valence-corrected chi connectivity index (χ4v) is 1.74. The highest BCUT2D eigenvalue weighted by atomic mass is 16.6. The predicted octanol–water partition coefficient (Wildman–Crippen LogP) is 2.23. The molecule has 0 aromatic carbocycles. The lowest BCUT2D eigenvalue weighted by Gasteiger charge is -2.19. The van der Waals surface area contributed by atoms with Crippen molar-refractivity contribution >= 4 is 24.7 Å². The summed E-state index contributed by atoms with van der Waals surface area (Å²) in [6, 6.07) is -0.354. The van der Waals surface area contributed by atoms with Crippen LogP contribution in [0.15, 0.2) is 0 Å². The van der Waals surface area contributed by atoms with Gasteiger partial charge in [0.15, 0.2) is 0 Å². The molecule has 0 aliphatic carbocycles. The first-order valence-corrected chi connectivity index (χ1v) is 8.63. The number of nitrogens with zero attached hydrogens (tertiary/aromatic N) is 1. The van der Waals surface area contributed by atoms with E-state index in [4.69, 9.17) is 16.3 Å². The van der Waals surface area contributed by atoms with Gasteiger partial charge in [0.25, 0.3) is 0 Å². The molecule has 0 unspecified atom stereocenters. The van der Waals surface area contributed by atoms with E-state index >= 15 is 0 Å². The summed E-state index contributed by atoms with van der Waals surface area (Å²) in [5, 5.41) is 0. The highest BCUT2D eigenvalue weighted by Gasteiger charge is 2.30. The van der Waals surface area contributed by atoms with E-state index < -0.39 is 17.6 Å². The van der Waals surface area contributed by atoms with Crippen LogP contribution in [0.3, 0.4) is 0 Å². The Morgan fingerprint density at radius 3 is 1.67 bits per heavy atom. The number of amides is 3.